The van der Waals surface area contributed by atoms with Crippen molar-refractivity contribution in [3.05, 3.63) is 163 Å². The van der Waals surface area contributed by atoms with Crippen LogP contribution in [0, 0.1) is 25.0 Å². The molecule has 0 atom stereocenters. The molecule has 0 spiro atoms. The number of pyridine rings is 2. The van der Waals surface area contributed by atoms with Gasteiger partial charge in [0.1, 0.15) is 0 Å². The normalized spacial score (nSPS) is 11.8. The summed E-state index contributed by atoms with van der Waals surface area (Å²) in [6.07, 6.45) is 5.00. The Labute approximate surface area is 369 Å². The van der Waals surface area contributed by atoms with Crippen molar-refractivity contribution in [2.24, 2.45) is 5.92 Å². The SMILES string of the molecule is CC(C)Cc1cc(-c2[c-]cccc2)ncc1[Si](C)(C)C.Cc1c[c-]c(-c2nc3ccccc3n2-c2ccc(C(C)(C)C)cc2-c2ccccc2)c2oc3ncccc3c12.[Ir]. The zero-order valence-corrected chi connectivity index (χ0v) is 39.4. The van der Waals surface area contributed by atoms with Crippen molar-refractivity contribution in [2.45, 2.75) is 73.0 Å². The summed E-state index contributed by atoms with van der Waals surface area (Å²) in [5.74, 6) is 1.46. The second-order valence-corrected chi connectivity index (χ2v) is 23.0. The minimum Gasteiger partial charge on any atom is -0.486 e. The average Bonchev–Trinajstić information content (AvgIpc) is 3.81. The Bertz CT molecular complexity index is 2920. The number of aromatic nitrogens is 4. The van der Waals surface area contributed by atoms with Crippen molar-refractivity contribution < 1.29 is 24.5 Å². The zero-order chi connectivity index (χ0) is 41.5. The number of imidazole rings is 1. The molecule has 9 aromatic rings. The van der Waals surface area contributed by atoms with Crippen LogP contribution in [-0.2, 0) is 31.9 Å². The van der Waals surface area contributed by atoms with Gasteiger partial charge >= 0.3 is 0 Å². The second-order valence-electron chi connectivity index (χ2n) is 18.0. The molecule has 5 aromatic carbocycles. The molecule has 0 fully saturated rings. The molecule has 0 N–H and O–H groups in total. The van der Waals surface area contributed by atoms with Crippen molar-refractivity contribution in [2.75, 3.05) is 0 Å². The minimum atomic E-state index is -1.34. The molecular formula is C53H52IrN4OSi-2. The van der Waals surface area contributed by atoms with E-state index >= 15 is 0 Å². The van der Waals surface area contributed by atoms with Crippen molar-refractivity contribution in [1.82, 2.24) is 19.5 Å². The first-order valence-corrected chi connectivity index (χ1v) is 24.1. The van der Waals surface area contributed by atoms with Crippen LogP contribution in [0.4, 0.5) is 0 Å². The Hall–Kier alpha value is -5.46. The van der Waals surface area contributed by atoms with Gasteiger partial charge in [-0.1, -0.05) is 132 Å². The van der Waals surface area contributed by atoms with Crippen LogP contribution in [0.5, 0.6) is 0 Å². The van der Waals surface area contributed by atoms with E-state index in [1.165, 1.54) is 16.3 Å². The van der Waals surface area contributed by atoms with E-state index in [4.69, 9.17) is 9.40 Å². The number of rotatable bonds is 7. The fourth-order valence-corrected chi connectivity index (χ4v) is 9.54. The molecule has 0 aliphatic rings. The molecule has 4 heterocycles. The third-order valence-corrected chi connectivity index (χ3v) is 13.0. The molecule has 305 valence electrons. The molecule has 0 bridgehead atoms. The van der Waals surface area contributed by atoms with Gasteiger partial charge in [0.25, 0.3) is 0 Å². The number of aryl methyl sites for hydroxylation is 1. The standard InChI is InChI=1S/C35H28N3O.C18H24NSi.Ir/c1-22-16-18-26(32-31(22)25-13-10-20-36-34(25)39-32)33-37-28-14-8-9-15-30(28)38(33)29-19-17-24(35(2,3)4)21-27(29)23-11-6-5-7-12-23;1-14(2)11-16-12-17(15-9-7-6-8-10-15)19-13-18(16)20(3,4)5;/h5-17,19-21H,1-4H3;6-9,12-14H,11H2,1-5H3;/q2*-1;. The average molecular weight is 981 g/mol. The molecule has 1 radical (unpaired) electrons. The van der Waals surface area contributed by atoms with Gasteiger partial charge in [0, 0.05) is 49.1 Å². The zero-order valence-electron chi connectivity index (χ0n) is 36.0. The molecule has 5 nitrogen and oxygen atoms in total. The quantitative estimate of drug-likeness (QED) is 0.118. The molecule has 60 heavy (non-hydrogen) atoms. The van der Waals surface area contributed by atoms with Crippen molar-refractivity contribution in [3.8, 4) is 39.5 Å². The number of furan rings is 1. The Morgan fingerprint density at radius 2 is 1.57 bits per heavy atom. The van der Waals surface area contributed by atoms with Gasteiger partial charge in [-0.2, -0.15) is 0 Å². The van der Waals surface area contributed by atoms with Crippen LogP contribution >= 0.6 is 0 Å². The number of nitrogens with zero attached hydrogens (tertiary/aromatic N) is 4. The molecular weight excluding hydrogens is 929 g/mol. The monoisotopic (exact) mass is 981 g/mol. The molecule has 0 amide bonds. The van der Waals surface area contributed by atoms with Gasteiger partial charge in [-0.3, -0.25) is 4.98 Å². The smallest absolute Gasteiger partial charge is 0.216 e. The van der Waals surface area contributed by atoms with Crippen LogP contribution in [-0.4, -0.2) is 27.6 Å². The number of hydrogen-bond donors (Lipinski definition) is 0. The van der Waals surface area contributed by atoms with E-state index in [9.17, 15) is 0 Å². The summed E-state index contributed by atoms with van der Waals surface area (Å²) >= 11 is 0. The van der Waals surface area contributed by atoms with E-state index in [1.807, 2.05) is 36.4 Å². The van der Waals surface area contributed by atoms with Crippen LogP contribution in [0.2, 0.25) is 19.6 Å². The van der Waals surface area contributed by atoms with Crippen LogP contribution in [0.25, 0.3) is 72.6 Å². The molecule has 0 aliphatic heterocycles. The maximum absolute atomic E-state index is 6.39. The van der Waals surface area contributed by atoms with E-state index in [-0.39, 0.29) is 25.5 Å². The summed E-state index contributed by atoms with van der Waals surface area (Å²) in [6, 6.07) is 48.8. The summed E-state index contributed by atoms with van der Waals surface area (Å²) in [5.41, 5.74) is 13.5. The van der Waals surface area contributed by atoms with Crippen LogP contribution in [0.3, 0.4) is 0 Å². The molecule has 0 saturated heterocycles. The number of para-hydroxylation sites is 2. The Kier molecular flexibility index (Phi) is 12.3. The molecule has 7 heteroatoms. The number of fused-ring (bicyclic) bond motifs is 4. The molecule has 0 saturated carbocycles. The summed E-state index contributed by atoms with van der Waals surface area (Å²) in [5, 5.41) is 3.55. The fraction of sp³-hybridized carbons (Fsp3) is 0.226. The Morgan fingerprint density at radius 3 is 2.28 bits per heavy atom. The first-order valence-electron chi connectivity index (χ1n) is 20.6. The first kappa shape index (κ1) is 42.7. The summed E-state index contributed by atoms with van der Waals surface area (Å²) in [6.45, 7) is 20.6. The van der Waals surface area contributed by atoms with E-state index in [2.05, 4.69) is 179 Å². The maximum Gasteiger partial charge on any atom is 0.216 e. The van der Waals surface area contributed by atoms with Crippen LogP contribution in [0.1, 0.15) is 51.3 Å². The predicted octanol–water partition coefficient (Wildman–Crippen LogP) is 13.3. The van der Waals surface area contributed by atoms with Crippen molar-refractivity contribution >= 4 is 46.4 Å². The van der Waals surface area contributed by atoms with Gasteiger partial charge in [0.2, 0.25) is 5.71 Å². The van der Waals surface area contributed by atoms with Crippen LogP contribution < -0.4 is 5.19 Å². The Balaban J connectivity index is 0.000000220. The first-order chi connectivity index (χ1) is 28.3. The van der Waals surface area contributed by atoms with Crippen molar-refractivity contribution in [1.29, 1.82) is 0 Å². The second kappa shape index (κ2) is 17.3. The maximum atomic E-state index is 6.39. The molecule has 0 aliphatic carbocycles. The van der Waals surface area contributed by atoms with E-state index in [1.54, 1.807) is 6.20 Å². The van der Waals surface area contributed by atoms with Gasteiger partial charge in [0.15, 0.2) is 0 Å². The third kappa shape index (κ3) is 8.58. The van der Waals surface area contributed by atoms with Gasteiger partial charge in [-0.25, -0.2) is 4.98 Å². The third-order valence-electron chi connectivity index (χ3n) is 10.9. The predicted molar refractivity (Wildman–Crippen MR) is 249 cm³/mol. The van der Waals surface area contributed by atoms with Crippen LogP contribution in [0.15, 0.2) is 138 Å². The largest absolute Gasteiger partial charge is 0.486 e. The number of benzene rings is 5. The van der Waals surface area contributed by atoms with Gasteiger partial charge in [0.05, 0.1) is 30.5 Å². The van der Waals surface area contributed by atoms with Gasteiger partial charge in [-0.15, -0.1) is 53.6 Å². The minimum absolute atomic E-state index is 0. The molecule has 4 aromatic heterocycles. The fourth-order valence-electron chi connectivity index (χ4n) is 7.95. The summed E-state index contributed by atoms with van der Waals surface area (Å²) in [7, 11) is -1.34. The topological polar surface area (TPSA) is 56.7 Å². The van der Waals surface area contributed by atoms with Crippen molar-refractivity contribution in [3.63, 3.8) is 0 Å². The van der Waals surface area contributed by atoms with Gasteiger partial charge < -0.3 is 14.0 Å². The molecule has 9 rings (SSSR count). The van der Waals surface area contributed by atoms with Gasteiger partial charge in [-0.05, 0) is 76.2 Å². The van der Waals surface area contributed by atoms with E-state index in [0.717, 1.165) is 78.8 Å². The van der Waals surface area contributed by atoms with E-state index in [0.29, 0.717) is 11.6 Å². The summed E-state index contributed by atoms with van der Waals surface area (Å²) in [4.78, 5) is 14.3. The molecule has 0 unspecified atom stereocenters. The summed E-state index contributed by atoms with van der Waals surface area (Å²) < 4.78 is 8.64. The van der Waals surface area contributed by atoms with E-state index < -0.39 is 8.07 Å². The number of hydrogen-bond acceptors (Lipinski definition) is 4. The Morgan fingerprint density at radius 1 is 0.817 bits per heavy atom.